The Kier molecular flexibility index (Phi) is 8.02. The zero-order valence-corrected chi connectivity index (χ0v) is 22.1. The van der Waals surface area contributed by atoms with Gasteiger partial charge in [-0.25, -0.2) is 9.50 Å². The van der Waals surface area contributed by atoms with Crippen LogP contribution in [-0.2, 0) is 0 Å². The summed E-state index contributed by atoms with van der Waals surface area (Å²) in [5, 5.41) is 10.3. The van der Waals surface area contributed by atoms with Crippen molar-refractivity contribution in [2.24, 2.45) is 0 Å². The molecule has 1 fully saturated rings. The van der Waals surface area contributed by atoms with Crippen LogP contribution in [0.4, 0.5) is 5.69 Å². The molecule has 3 heterocycles. The molecule has 0 bridgehead atoms. The number of carbonyl (C=O) groups excluding carboxylic acids is 2. The van der Waals surface area contributed by atoms with E-state index in [-0.39, 0.29) is 17.5 Å². The summed E-state index contributed by atoms with van der Waals surface area (Å²) in [6, 6.07) is 15.8. The molecule has 10 heteroatoms. The van der Waals surface area contributed by atoms with E-state index in [1.54, 1.807) is 55.3 Å². The maximum atomic E-state index is 13.0. The minimum Gasteiger partial charge on any atom is -0.493 e. The van der Waals surface area contributed by atoms with Gasteiger partial charge >= 0.3 is 0 Å². The summed E-state index contributed by atoms with van der Waals surface area (Å²) in [5.74, 6) is 0.703. The summed E-state index contributed by atoms with van der Waals surface area (Å²) in [7, 11) is 3.16. The second-order valence-corrected chi connectivity index (χ2v) is 9.39. The molecule has 5 rings (SSSR count). The Hall–Kier alpha value is -4.44. The Labute approximate surface area is 226 Å². The topological polar surface area (TPSA) is 110 Å². The van der Waals surface area contributed by atoms with Crippen molar-refractivity contribution >= 4 is 23.1 Å². The molecule has 202 valence electrons. The van der Waals surface area contributed by atoms with Crippen molar-refractivity contribution in [2.45, 2.75) is 19.3 Å². The highest BCUT2D eigenvalue weighted by Crippen LogP contribution is 2.32. The first-order valence-corrected chi connectivity index (χ1v) is 13.0. The van der Waals surface area contributed by atoms with E-state index in [2.05, 4.69) is 25.6 Å². The van der Waals surface area contributed by atoms with Crippen LogP contribution in [0, 0.1) is 0 Å². The lowest BCUT2D eigenvalue weighted by molar-refractivity contribution is 0.0946. The number of carbonyl (C=O) groups is 2. The van der Waals surface area contributed by atoms with Crippen LogP contribution in [-0.4, -0.2) is 71.7 Å². The third-order valence-electron chi connectivity index (χ3n) is 6.84. The van der Waals surface area contributed by atoms with Gasteiger partial charge in [0.2, 0.25) is 0 Å². The number of nitrogens with one attached hydrogen (secondary N) is 2. The maximum absolute atomic E-state index is 13.0. The lowest BCUT2D eigenvalue weighted by atomic mass is 10.1. The fourth-order valence-corrected chi connectivity index (χ4v) is 4.73. The highest BCUT2D eigenvalue weighted by atomic mass is 16.5. The molecule has 10 nitrogen and oxygen atoms in total. The molecule has 1 aliphatic heterocycles. The predicted molar refractivity (Wildman–Crippen MR) is 149 cm³/mol. The van der Waals surface area contributed by atoms with Crippen LogP contribution < -0.4 is 20.1 Å². The lowest BCUT2D eigenvalue weighted by Gasteiger charge is -2.26. The van der Waals surface area contributed by atoms with E-state index in [0.717, 1.165) is 30.9 Å². The first-order chi connectivity index (χ1) is 19.1. The van der Waals surface area contributed by atoms with Crippen molar-refractivity contribution in [2.75, 3.05) is 45.7 Å². The SMILES string of the molecule is COc1ccc(-c2ccnc3cc(C(=O)Nc4ccc(C(=O)NCCN5CCCCC5)cc4)nn23)cc1OC. The summed E-state index contributed by atoms with van der Waals surface area (Å²) in [4.78, 5) is 32.2. The highest BCUT2D eigenvalue weighted by Gasteiger charge is 2.16. The number of likely N-dealkylation sites (tertiary alicyclic amines) is 1. The van der Waals surface area contributed by atoms with Gasteiger partial charge in [-0.15, -0.1) is 0 Å². The molecule has 1 aliphatic rings. The van der Waals surface area contributed by atoms with E-state index in [1.807, 2.05) is 24.3 Å². The molecule has 4 aromatic rings. The van der Waals surface area contributed by atoms with E-state index in [0.29, 0.717) is 34.9 Å². The van der Waals surface area contributed by atoms with E-state index < -0.39 is 0 Å². The zero-order chi connectivity index (χ0) is 27.2. The quantitative estimate of drug-likeness (QED) is 0.339. The van der Waals surface area contributed by atoms with Gasteiger partial charge in [0.05, 0.1) is 19.9 Å². The average Bonchev–Trinajstić information content (AvgIpc) is 3.43. The second-order valence-electron chi connectivity index (χ2n) is 9.39. The van der Waals surface area contributed by atoms with Gasteiger partial charge < -0.3 is 25.0 Å². The van der Waals surface area contributed by atoms with Crippen LogP contribution in [0.25, 0.3) is 16.9 Å². The van der Waals surface area contributed by atoms with E-state index in [1.165, 1.54) is 19.3 Å². The molecule has 2 N–H and O–H groups in total. The number of hydrogen-bond donors (Lipinski definition) is 2. The summed E-state index contributed by atoms with van der Waals surface area (Å²) >= 11 is 0. The first kappa shape index (κ1) is 26.2. The molecule has 2 amide bonds. The summed E-state index contributed by atoms with van der Waals surface area (Å²) in [6.45, 7) is 3.68. The van der Waals surface area contributed by atoms with Crippen molar-refractivity contribution in [1.82, 2.24) is 24.8 Å². The first-order valence-electron chi connectivity index (χ1n) is 13.0. The molecular formula is C29H32N6O4. The largest absolute Gasteiger partial charge is 0.493 e. The number of ether oxygens (including phenoxy) is 2. The monoisotopic (exact) mass is 528 g/mol. The van der Waals surface area contributed by atoms with Crippen molar-refractivity contribution in [3.8, 4) is 22.8 Å². The summed E-state index contributed by atoms with van der Waals surface area (Å²) in [5.41, 5.74) is 3.44. The molecule has 2 aromatic carbocycles. The Balaban J connectivity index is 1.24. The molecule has 2 aromatic heterocycles. The number of hydrogen-bond acceptors (Lipinski definition) is 7. The number of methoxy groups -OCH3 is 2. The minimum atomic E-state index is -0.377. The molecular weight excluding hydrogens is 496 g/mol. The molecule has 0 spiro atoms. The van der Waals surface area contributed by atoms with Crippen molar-refractivity contribution in [1.29, 1.82) is 0 Å². The highest BCUT2D eigenvalue weighted by molar-refractivity contribution is 6.04. The smallest absolute Gasteiger partial charge is 0.276 e. The van der Waals surface area contributed by atoms with Gasteiger partial charge in [0.25, 0.3) is 11.8 Å². The minimum absolute atomic E-state index is 0.126. The number of benzene rings is 2. The summed E-state index contributed by atoms with van der Waals surface area (Å²) < 4.78 is 12.4. The standard InChI is InChI=1S/C29H32N6O4/c1-38-25-11-8-21(18-26(25)39-2)24-12-13-30-27-19-23(33-35(24)27)29(37)32-22-9-6-20(7-10-22)28(36)31-14-17-34-15-4-3-5-16-34/h6-13,18-19H,3-5,14-17H2,1-2H3,(H,31,36)(H,32,37). The average molecular weight is 529 g/mol. The Morgan fingerprint density at radius 3 is 2.41 bits per heavy atom. The van der Waals surface area contributed by atoms with Crippen LogP contribution in [0.2, 0.25) is 0 Å². The van der Waals surface area contributed by atoms with Crippen molar-refractivity contribution < 1.29 is 19.1 Å². The van der Waals surface area contributed by atoms with Crippen LogP contribution in [0.15, 0.2) is 60.8 Å². The number of piperidine rings is 1. The van der Waals surface area contributed by atoms with Crippen molar-refractivity contribution in [3.05, 3.63) is 72.1 Å². The molecule has 0 aliphatic carbocycles. The molecule has 0 unspecified atom stereocenters. The number of amides is 2. The van der Waals surface area contributed by atoms with Gasteiger partial charge in [-0.1, -0.05) is 6.42 Å². The molecule has 0 atom stereocenters. The number of rotatable bonds is 9. The fourth-order valence-electron chi connectivity index (χ4n) is 4.73. The third kappa shape index (κ3) is 6.01. The van der Waals surface area contributed by atoms with Gasteiger partial charge in [0.15, 0.2) is 22.8 Å². The van der Waals surface area contributed by atoms with Gasteiger partial charge in [-0.2, -0.15) is 5.10 Å². The predicted octanol–water partition coefficient (Wildman–Crippen LogP) is 3.88. The molecule has 0 saturated carbocycles. The fraction of sp³-hybridized carbons (Fsp3) is 0.310. The van der Waals surface area contributed by atoms with Gasteiger partial charge in [0, 0.05) is 42.2 Å². The van der Waals surface area contributed by atoms with Crippen molar-refractivity contribution in [3.63, 3.8) is 0 Å². The van der Waals surface area contributed by atoms with Crippen LogP contribution >= 0.6 is 0 Å². The number of nitrogens with zero attached hydrogens (tertiary/aromatic N) is 4. The zero-order valence-electron chi connectivity index (χ0n) is 22.1. The Morgan fingerprint density at radius 2 is 1.67 bits per heavy atom. The maximum Gasteiger partial charge on any atom is 0.276 e. The summed E-state index contributed by atoms with van der Waals surface area (Å²) in [6.07, 6.45) is 5.42. The number of anilines is 1. The number of fused-ring (bicyclic) bond motifs is 1. The van der Waals surface area contributed by atoms with Crippen LogP contribution in [0.5, 0.6) is 11.5 Å². The van der Waals surface area contributed by atoms with E-state index in [4.69, 9.17) is 9.47 Å². The third-order valence-corrected chi connectivity index (χ3v) is 6.84. The lowest BCUT2D eigenvalue weighted by Crippen LogP contribution is -2.37. The Morgan fingerprint density at radius 1 is 0.897 bits per heavy atom. The van der Waals surface area contributed by atoms with Crippen LogP contribution in [0.1, 0.15) is 40.1 Å². The Bertz CT molecular complexity index is 1460. The van der Waals surface area contributed by atoms with Crippen LogP contribution in [0.3, 0.4) is 0 Å². The van der Waals surface area contributed by atoms with Gasteiger partial charge in [0.1, 0.15) is 0 Å². The molecule has 0 radical (unpaired) electrons. The van der Waals surface area contributed by atoms with Gasteiger partial charge in [-0.3, -0.25) is 9.59 Å². The molecule has 1 saturated heterocycles. The van der Waals surface area contributed by atoms with Gasteiger partial charge in [-0.05, 0) is 74.5 Å². The number of aromatic nitrogens is 3. The molecule has 39 heavy (non-hydrogen) atoms. The second kappa shape index (κ2) is 12.0. The van der Waals surface area contributed by atoms with E-state index in [9.17, 15) is 9.59 Å². The normalized spacial score (nSPS) is 13.7. The van der Waals surface area contributed by atoms with E-state index >= 15 is 0 Å².